The second-order valence-electron chi connectivity index (χ2n) is 4.52. The third-order valence-corrected chi connectivity index (χ3v) is 3.95. The molecule has 1 unspecified atom stereocenters. The number of likely N-dealkylation sites (N-methyl/N-ethyl adjacent to an activating group) is 2. The summed E-state index contributed by atoms with van der Waals surface area (Å²) in [4.78, 5) is 6.93. The smallest absolute Gasteiger partial charge is 0.121 e. The summed E-state index contributed by atoms with van der Waals surface area (Å²) in [7, 11) is 1.96. The summed E-state index contributed by atoms with van der Waals surface area (Å²) < 4.78 is 0. The van der Waals surface area contributed by atoms with Crippen LogP contribution in [0.4, 0.5) is 0 Å². The van der Waals surface area contributed by atoms with Gasteiger partial charge in [0.05, 0.1) is 12.6 Å². The van der Waals surface area contributed by atoms with E-state index in [2.05, 4.69) is 28.2 Å². The van der Waals surface area contributed by atoms with Gasteiger partial charge in [-0.1, -0.05) is 29.8 Å². The number of nitrogens with one attached hydrogen (secondary N) is 1. The highest BCUT2D eigenvalue weighted by atomic mass is 35.5. The van der Waals surface area contributed by atoms with Gasteiger partial charge in [0.1, 0.15) is 5.84 Å². The summed E-state index contributed by atoms with van der Waals surface area (Å²) >= 11 is 6.42. The fraction of sp³-hybridized carbons (Fsp3) is 0.500. The minimum absolute atomic E-state index is 0. The molecule has 0 spiro atoms. The van der Waals surface area contributed by atoms with Gasteiger partial charge in [-0.2, -0.15) is 0 Å². The normalized spacial score (nSPS) is 16.0. The number of rotatable bonds is 4. The molecule has 0 bridgehead atoms. The zero-order valence-electron chi connectivity index (χ0n) is 11.6. The molecule has 0 radical (unpaired) electrons. The van der Waals surface area contributed by atoms with Crippen molar-refractivity contribution in [1.29, 1.82) is 0 Å². The third kappa shape index (κ3) is 3.22. The lowest BCUT2D eigenvalue weighted by atomic mass is 10.0. The van der Waals surface area contributed by atoms with Gasteiger partial charge >= 0.3 is 0 Å². The van der Waals surface area contributed by atoms with Gasteiger partial charge in [-0.25, -0.2) is 0 Å². The van der Waals surface area contributed by atoms with Crippen LogP contribution in [0.15, 0.2) is 23.2 Å². The lowest BCUT2D eigenvalue weighted by Gasteiger charge is -2.26. The molecule has 1 atom stereocenters. The van der Waals surface area contributed by atoms with Crippen LogP contribution in [0.1, 0.15) is 24.1 Å². The number of nitrogens with zero attached hydrogens (tertiary/aromatic N) is 2. The summed E-state index contributed by atoms with van der Waals surface area (Å²) in [6.45, 7) is 7.07. The molecule has 0 saturated heterocycles. The van der Waals surface area contributed by atoms with Gasteiger partial charge in [0, 0.05) is 18.1 Å². The van der Waals surface area contributed by atoms with Crippen molar-refractivity contribution in [2.24, 2.45) is 4.99 Å². The van der Waals surface area contributed by atoms with E-state index in [4.69, 9.17) is 11.6 Å². The minimum Gasteiger partial charge on any atom is -0.357 e. The molecule has 0 saturated carbocycles. The Kier molecular flexibility index (Phi) is 6.11. The molecule has 1 aromatic rings. The molecule has 0 amide bonds. The van der Waals surface area contributed by atoms with Crippen molar-refractivity contribution in [2.75, 3.05) is 26.7 Å². The van der Waals surface area contributed by atoms with Crippen molar-refractivity contribution in [1.82, 2.24) is 10.2 Å². The average molecular weight is 302 g/mol. The molecule has 106 valence electrons. The van der Waals surface area contributed by atoms with Gasteiger partial charge in [-0.05, 0) is 32.0 Å². The summed E-state index contributed by atoms with van der Waals surface area (Å²) in [6.07, 6.45) is 0. The zero-order valence-corrected chi connectivity index (χ0v) is 13.2. The Bertz CT molecular complexity index is 460. The zero-order chi connectivity index (χ0) is 13.1. The second-order valence-corrected chi connectivity index (χ2v) is 4.90. The monoisotopic (exact) mass is 301 g/mol. The molecule has 0 fully saturated rings. The highest BCUT2D eigenvalue weighted by Gasteiger charge is 2.26. The predicted octanol–water partition coefficient (Wildman–Crippen LogP) is 3.06. The van der Waals surface area contributed by atoms with E-state index < -0.39 is 0 Å². The molecular weight excluding hydrogens is 281 g/mol. The summed E-state index contributed by atoms with van der Waals surface area (Å²) in [6, 6.07) is 6.24. The van der Waals surface area contributed by atoms with Crippen LogP contribution >= 0.6 is 24.0 Å². The van der Waals surface area contributed by atoms with E-state index in [1.54, 1.807) is 0 Å². The maximum absolute atomic E-state index is 6.42. The number of aryl methyl sites for hydroxylation is 1. The highest BCUT2D eigenvalue weighted by Crippen LogP contribution is 2.28. The maximum Gasteiger partial charge on any atom is 0.121 e. The lowest BCUT2D eigenvalue weighted by Crippen LogP contribution is -2.37. The first-order valence-corrected chi connectivity index (χ1v) is 6.78. The van der Waals surface area contributed by atoms with E-state index >= 15 is 0 Å². The fourth-order valence-electron chi connectivity index (χ4n) is 2.41. The Balaban J connectivity index is 0.00000180. The molecule has 3 nitrogen and oxygen atoms in total. The average Bonchev–Trinajstić information content (AvgIpc) is 2.83. The van der Waals surface area contributed by atoms with E-state index in [0.29, 0.717) is 0 Å². The number of hydrogen-bond acceptors (Lipinski definition) is 3. The predicted molar refractivity (Wildman–Crippen MR) is 84.8 cm³/mol. The van der Waals surface area contributed by atoms with Gasteiger partial charge in [0.25, 0.3) is 0 Å². The molecule has 5 heteroatoms. The van der Waals surface area contributed by atoms with Crippen molar-refractivity contribution in [3.8, 4) is 0 Å². The van der Waals surface area contributed by atoms with Crippen LogP contribution in [-0.4, -0.2) is 37.4 Å². The quantitative estimate of drug-likeness (QED) is 0.925. The second kappa shape index (κ2) is 7.13. The molecule has 19 heavy (non-hydrogen) atoms. The Morgan fingerprint density at radius 2 is 2.21 bits per heavy atom. The molecule has 0 aliphatic carbocycles. The molecule has 1 heterocycles. The number of amidine groups is 1. The van der Waals surface area contributed by atoms with Crippen LogP contribution in [0.5, 0.6) is 0 Å². The number of hydrogen-bond donors (Lipinski definition) is 1. The number of halogens is 2. The van der Waals surface area contributed by atoms with E-state index in [1.807, 2.05) is 26.1 Å². The largest absolute Gasteiger partial charge is 0.357 e. The Morgan fingerprint density at radius 1 is 1.47 bits per heavy atom. The van der Waals surface area contributed by atoms with E-state index in [-0.39, 0.29) is 18.4 Å². The van der Waals surface area contributed by atoms with Crippen LogP contribution < -0.4 is 5.32 Å². The third-order valence-electron chi connectivity index (χ3n) is 3.43. The van der Waals surface area contributed by atoms with Crippen LogP contribution in [0.3, 0.4) is 0 Å². The van der Waals surface area contributed by atoms with Crippen LogP contribution in [0, 0.1) is 6.92 Å². The first-order valence-electron chi connectivity index (χ1n) is 6.40. The molecule has 1 aromatic carbocycles. The van der Waals surface area contributed by atoms with Gasteiger partial charge in [0.2, 0.25) is 0 Å². The van der Waals surface area contributed by atoms with Crippen LogP contribution in [0.2, 0.25) is 5.02 Å². The molecule has 1 aliphatic rings. The van der Waals surface area contributed by atoms with Gasteiger partial charge in [-0.3, -0.25) is 4.99 Å². The summed E-state index contributed by atoms with van der Waals surface area (Å²) in [5.41, 5.74) is 2.22. The molecule has 2 rings (SSSR count). The van der Waals surface area contributed by atoms with Crippen molar-refractivity contribution in [2.45, 2.75) is 19.9 Å². The Hall–Kier alpha value is -0.770. The maximum atomic E-state index is 6.42. The first kappa shape index (κ1) is 16.3. The van der Waals surface area contributed by atoms with Crippen molar-refractivity contribution in [3.63, 3.8) is 0 Å². The van der Waals surface area contributed by atoms with Crippen LogP contribution in [-0.2, 0) is 0 Å². The van der Waals surface area contributed by atoms with Gasteiger partial charge in [-0.15, -0.1) is 12.4 Å². The van der Waals surface area contributed by atoms with E-state index in [0.717, 1.165) is 41.6 Å². The highest BCUT2D eigenvalue weighted by molar-refractivity contribution is 6.32. The molecular formula is C14H21Cl2N3. The topological polar surface area (TPSA) is 27.6 Å². The van der Waals surface area contributed by atoms with E-state index in [9.17, 15) is 0 Å². The van der Waals surface area contributed by atoms with E-state index in [1.165, 1.54) is 0 Å². The number of aliphatic imine (C=N–C) groups is 1. The molecule has 1 aliphatic heterocycles. The standard InChI is InChI=1S/C14H20ClN3.ClH/c1-4-18-9-8-17-14(18)13(16-3)11-7-5-6-10(2)12(11)15;/h5-7,13,16H,4,8-9H2,1-3H3;1H. The van der Waals surface area contributed by atoms with Gasteiger partial charge in [0.15, 0.2) is 0 Å². The fourth-order valence-corrected chi connectivity index (χ4v) is 2.65. The molecule has 1 N–H and O–H groups in total. The van der Waals surface area contributed by atoms with Gasteiger partial charge < -0.3 is 10.2 Å². The van der Waals surface area contributed by atoms with Crippen LogP contribution in [0.25, 0.3) is 0 Å². The summed E-state index contributed by atoms with van der Waals surface area (Å²) in [5.74, 6) is 1.10. The van der Waals surface area contributed by atoms with Crippen molar-refractivity contribution < 1.29 is 0 Å². The summed E-state index contributed by atoms with van der Waals surface area (Å²) in [5, 5.41) is 4.17. The SMILES string of the molecule is CCN1CCN=C1C(NC)c1cccc(C)c1Cl.Cl. The lowest BCUT2D eigenvalue weighted by molar-refractivity contribution is 0.460. The van der Waals surface area contributed by atoms with Crippen molar-refractivity contribution >= 4 is 29.8 Å². The minimum atomic E-state index is 0. The first-order chi connectivity index (χ1) is 8.69. The number of benzene rings is 1. The Labute approximate surface area is 126 Å². The molecule has 0 aromatic heterocycles. The van der Waals surface area contributed by atoms with Crippen molar-refractivity contribution in [3.05, 3.63) is 34.3 Å². The Morgan fingerprint density at radius 3 is 2.84 bits per heavy atom.